The normalized spacial score (nSPS) is 23.1. The monoisotopic (exact) mass is 466 g/mol. The quantitative estimate of drug-likeness (QED) is 0.480. The Morgan fingerprint density at radius 2 is 1.68 bits per heavy atom. The van der Waals surface area contributed by atoms with E-state index in [9.17, 15) is 9.18 Å². The minimum Gasteiger partial charge on any atom is -0.382 e. The van der Waals surface area contributed by atoms with Crippen molar-refractivity contribution >= 4 is 36.3 Å². The third-order valence-corrected chi connectivity index (χ3v) is 6.64. The van der Waals surface area contributed by atoms with Gasteiger partial charge in [-0.3, -0.25) is 9.69 Å². The topological polar surface area (TPSA) is 32.3 Å². The summed E-state index contributed by atoms with van der Waals surface area (Å²) in [5, 5.41) is 3.79. The molecular weight excluding hydrogens is 434 g/mol. The van der Waals surface area contributed by atoms with E-state index < -0.39 is 0 Å². The summed E-state index contributed by atoms with van der Waals surface area (Å²) in [6, 6.07) is 17.6. The first-order chi connectivity index (χ1) is 14.2. The van der Waals surface area contributed by atoms with E-state index in [0.717, 1.165) is 25.9 Å². The van der Waals surface area contributed by atoms with Crippen molar-refractivity contribution in [2.24, 2.45) is 5.92 Å². The fourth-order valence-electron chi connectivity index (χ4n) is 5.18. The highest BCUT2D eigenvalue weighted by atomic mass is 35.5. The first-order valence-electron chi connectivity index (χ1n) is 11.0. The van der Waals surface area contributed by atoms with Crippen molar-refractivity contribution in [1.82, 2.24) is 4.90 Å². The third-order valence-electron chi connectivity index (χ3n) is 6.64. The minimum atomic E-state index is -0.295. The number of hydrogen-bond acceptors (Lipinski definition) is 3. The number of likely N-dealkylation sites (tertiary alicyclic amines) is 1. The van der Waals surface area contributed by atoms with Crippen LogP contribution in [0.15, 0.2) is 54.6 Å². The molecule has 2 aliphatic rings. The zero-order valence-electron chi connectivity index (χ0n) is 17.8. The number of carbonyl (C=O) groups is 1. The summed E-state index contributed by atoms with van der Waals surface area (Å²) >= 11 is 0. The van der Waals surface area contributed by atoms with E-state index >= 15 is 0 Å². The van der Waals surface area contributed by atoms with Gasteiger partial charge in [-0.05, 0) is 74.5 Å². The predicted molar refractivity (Wildman–Crippen MR) is 130 cm³/mol. The molecule has 1 heterocycles. The molecule has 2 fully saturated rings. The minimum absolute atomic E-state index is 0. The van der Waals surface area contributed by atoms with Gasteiger partial charge in [0.25, 0.3) is 0 Å². The van der Waals surface area contributed by atoms with Crippen molar-refractivity contribution in [3.05, 3.63) is 66.0 Å². The van der Waals surface area contributed by atoms with Gasteiger partial charge in [0.1, 0.15) is 5.82 Å². The van der Waals surface area contributed by atoms with Crippen LogP contribution < -0.4 is 5.32 Å². The van der Waals surface area contributed by atoms with Crippen molar-refractivity contribution < 1.29 is 9.18 Å². The van der Waals surface area contributed by atoms with Gasteiger partial charge in [0.15, 0.2) is 5.78 Å². The van der Waals surface area contributed by atoms with Gasteiger partial charge >= 0.3 is 0 Å². The largest absolute Gasteiger partial charge is 0.382 e. The second kappa shape index (κ2) is 12.4. The Bertz CT molecular complexity index is 803. The lowest BCUT2D eigenvalue weighted by Gasteiger charge is -2.48. The van der Waals surface area contributed by atoms with Gasteiger partial charge in [-0.15, -0.1) is 24.8 Å². The van der Waals surface area contributed by atoms with Gasteiger partial charge in [-0.25, -0.2) is 4.39 Å². The maximum Gasteiger partial charge on any atom is 0.162 e. The number of benzene rings is 2. The van der Waals surface area contributed by atoms with Gasteiger partial charge in [0.05, 0.1) is 0 Å². The first kappa shape index (κ1) is 25.6. The van der Waals surface area contributed by atoms with Gasteiger partial charge in [0.2, 0.25) is 0 Å². The predicted octanol–water partition coefficient (Wildman–Crippen LogP) is 6.38. The van der Waals surface area contributed by atoms with Crippen LogP contribution in [0.5, 0.6) is 0 Å². The third kappa shape index (κ3) is 6.68. The average Bonchev–Trinajstić information content (AvgIpc) is 2.76. The number of Topliss-reactive ketones (excluding diaryl/α,β-unsaturated/α-hetero) is 1. The Morgan fingerprint density at radius 1 is 0.968 bits per heavy atom. The van der Waals surface area contributed by atoms with Crippen molar-refractivity contribution in [1.29, 1.82) is 0 Å². The number of nitrogens with zero attached hydrogens (tertiary/aromatic N) is 1. The molecule has 0 spiro atoms. The van der Waals surface area contributed by atoms with Crippen LogP contribution in [0.1, 0.15) is 55.3 Å². The summed E-state index contributed by atoms with van der Waals surface area (Å²) in [7, 11) is 0. The molecule has 3 unspecified atom stereocenters. The molecule has 6 heteroatoms. The Kier molecular flexibility index (Phi) is 10.3. The van der Waals surface area contributed by atoms with E-state index in [4.69, 9.17) is 0 Å². The fraction of sp³-hybridized carbons (Fsp3) is 0.480. The van der Waals surface area contributed by atoms with Crippen LogP contribution in [0.4, 0.5) is 10.1 Å². The summed E-state index contributed by atoms with van der Waals surface area (Å²) in [4.78, 5) is 15.0. The molecule has 0 amide bonds. The van der Waals surface area contributed by atoms with Gasteiger partial charge in [-0.1, -0.05) is 31.0 Å². The Balaban J connectivity index is 0.00000171. The summed E-state index contributed by atoms with van der Waals surface area (Å²) in [6.07, 6.45) is 7.75. The Hall–Kier alpha value is -1.62. The lowest BCUT2D eigenvalue weighted by atomic mass is 9.75. The number of piperidine rings is 1. The van der Waals surface area contributed by atoms with E-state index in [2.05, 4.69) is 40.5 Å². The van der Waals surface area contributed by atoms with Crippen molar-refractivity contribution in [2.75, 3.05) is 18.4 Å². The number of rotatable bonds is 7. The molecule has 0 bridgehead atoms. The molecular formula is C25H33Cl2FN2O. The zero-order chi connectivity index (χ0) is 20.1. The molecule has 3 nitrogen and oxygen atoms in total. The number of fused-ring (bicyclic) bond motifs is 1. The van der Waals surface area contributed by atoms with Crippen LogP contribution in [0, 0.1) is 11.7 Å². The van der Waals surface area contributed by atoms with E-state index in [0.29, 0.717) is 30.0 Å². The number of hydrogen-bond donors (Lipinski definition) is 1. The molecule has 1 aliphatic heterocycles. The maximum absolute atomic E-state index is 13.0. The molecule has 1 saturated heterocycles. The summed E-state index contributed by atoms with van der Waals surface area (Å²) in [5.74, 6) is 0.508. The SMILES string of the molecule is Cl.Cl.O=C(CCCN1CCC(Nc2ccccc2)C2CCCCC21)c1ccc(F)cc1. The van der Waals surface area contributed by atoms with E-state index in [1.807, 2.05) is 0 Å². The number of ketones is 1. The van der Waals surface area contributed by atoms with Crippen molar-refractivity contribution in [3.63, 3.8) is 0 Å². The second-order valence-corrected chi connectivity index (χ2v) is 8.49. The number of para-hydroxylation sites is 1. The van der Waals surface area contributed by atoms with Crippen LogP contribution in [0.2, 0.25) is 0 Å². The first-order valence-corrected chi connectivity index (χ1v) is 11.0. The number of nitrogens with one attached hydrogen (secondary N) is 1. The Morgan fingerprint density at radius 3 is 2.42 bits per heavy atom. The molecule has 2 aromatic rings. The lowest BCUT2D eigenvalue weighted by molar-refractivity contribution is 0.0504. The molecule has 170 valence electrons. The highest BCUT2D eigenvalue weighted by Crippen LogP contribution is 2.37. The lowest BCUT2D eigenvalue weighted by Crippen LogP contribution is -2.54. The van der Waals surface area contributed by atoms with Crippen LogP contribution in [-0.4, -0.2) is 35.9 Å². The molecule has 0 aromatic heterocycles. The molecule has 2 aromatic carbocycles. The number of halogens is 3. The fourth-order valence-corrected chi connectivity index (χ4v) is 5.18. The van der Waals surface area contributed by atoms with Gasteiger partial charge in [-0.2, -0.15) is 0 Å². The Labute approximate surface area is 197 Å². The highest BCUT2D eigenvalue weighted by molar-refractivity contribution is 5.95. The molecule has 0 radical (unpaired) electrons. The average molecular weight is 467 g/mol. The summed E-state index contributed by atoms with van der Waals surface area (Å²) < 4.78 is 13.0. The van der Waals surface area contributed by atoms with Crippen LogP contribution in [0.25, 0.3) is 0 Å². The number of carbonyl (C=O) groups excluding carboxylic acids is 1. The molecule has 3 atom stereocenters. The summed E-state index contributed by atoms with van der Waals surface area (Å²) in [6.45, 7) is 2.07. The smallest absolute Gasteiger partial charge is 0.162 e. The van der Waals surface area contributed by atoms with E-state index in [1.54, 1.807) is 12.1 Å². The molecule has 1 N–H and O–H groups in total. The van der Waals surface area contributed by atoms with Crippen LogP contribution in [0.3, 0.4) is 0 Å². The number of anilines is 1. The van der Waals surface area contributed by atoms with E-state index in [-0.39, 0.29) is 36.4 Å². The van der Waals surface area contributed by atoms with Gasteiger partial charge < -0.3 is 5.32 Å². The van der Waals surface area contributed by atoms with Crippen molar-refractivity contribution in [2.45, 2.75) is 57.0 Å². The molecule has 31 heavy (non-hydrogen) atoms. The second-order valence-electron chi connectivity index (χ2n) is 8.49. The molecule has 1 aliphatic carbocycles. The van der Waals surface area contributed by atoms with Gasteiger partial charge in [0, 0.05) is 36.3 Å². The maximum atomic E-state index is 13.0. The van der Waals surface area contributed by atoms with Crippen LogP contribution in [-0.2, 0) is 0 Å². The standard InChI is InChI=1S/C25H31FN2O.2ClH/c26-20-14-12-19(13-15-20)25(29)11-6-17-28-18-16-23(22-9-4-5-10-24(22)28)27-21-7-2-1-3-8-21;;/h1-3,7-8,12-15,22-24,27H,4-6,9-11,16-18H2;2*1H. The van der Waals surface area contributed by atoms with Crippen LogP contribution >= 0.6 is 24.8 Å². The molecule has 4 rings (SSSR count). The molecule has 1 saturated carbocycles. The van der Waals surface area contributed by atoms with Crippen molar-refractivity contribution in [3.8, 4) is 0 Å². The zero-order valence-corrected chi connectivity index (χ0v) is 19.5. The van der Waals surface area contributed by atoms with E-state index in [1.165, 1.54) is 43.5 Å². The summed E-state index contributed by atoms with van der Waals surface area (Å²) in [5.41, 5.74) is 1.84. The highest BCUT2D eigenvalue weighted by Gasteiger charge is 2.39.